The first-order valence-electron chi connectivity index (χ1n) is 6.21. The summed E-state index contributed by atoms with van der Waals surface area (Å²) >= 11 is 5.92. The zero-order valence-electron chi connectivity index (χ0n) is 10.7. The summed E-state index contributed by atoms with van der Waals surface area (Å²) in [7, 11) is 0. The van der Waals surface area contributed by atoms with Gasteiger partial charge >= 0.3 is 5.97 Å². The molecule has 0 radical (unpaired) electrons. The molecule has 0 aliphatic heterocycles. The lowest BCUT2D eigenvalue weighted by atomic mass is 9.78. The normalized spacial score (nSPS) is 15.3. The Hall–Kier alpha value is -1.84. The van der Waals surface area contributed by atoms with E-state index in [4.69, 9.17) is 11.6 Å². The Balaban J connectivity index is 2.54. The molecule has 0 saturated carbocycles. The van der Waals surface area contributed by atoms with Gasteiger partial charge in [-0.15, -0.1) is 11.6 Å². The Bertz CT molecular complexity index is 571. The summed E-state index contributed by atoms with van der Waals surface area (Å²) in [5.74, 6) is -2.44. The molecule has 2 rings (SSSR count). The van der Waals surface area contributed by atoms with Crippen LogP contribution >= 0.6 is 11.6 Å². The summed E-state index contributed by atoms with van der Waals surface area (Å²) in [5, 5.41) is 20.4. The second-order valence-corrected chi connectivity index (χ2v) is 4.87. The third kappa shape index (κ3) is 2.69. The molecule has 2 N–H and O–H groups in total. The van der Waals surface area contributed by atoms with E-state index in [9.17, 15) is 15.0 Å². The van der Waals surface area contributed by atoms with Crippen LogP contribution in [0.3, 0.4) is 0 Å². The molecule has 4 heteroatoms. The number of hydrogen-bond donors (Lipinski definition) is 2. The minimum atomic E-state index is -1.66. The third-order valence-electron chi connectivity index (χ3n) is 3.33. The maximum atomic E-state index is 11.7. The first-order valence-corrected chi connectivity index (χ1v) is 6.74. The van der Waals surface area contributed by atoms with E-state index < -0.39 is 17.5 Å². The van der Waals surface area contributed by atoms with E-state index >= 15 is 0 Å². The van der Waals surface area contributed by atoms with Gasteiger partial charge < -0.3 is 10.2 Å². The molecule has 3 nitrogen and oxygen atoms in total. The van der Waals surface area contributed by atoms with Crippen LogP contribution in [0.15, 0.2) is 60.7 Å². The number of alkyl halides is 1. The Morgan fingerprint density at radius 1 is 1.05 bits per heavy atom. The highest BCUT2D eigenvalue weighted by Gasteiger charge is 2.43. The van der Waals surface area contributed by atoms with Crippen molar-refractivity contribution in [1.29, 1.82) is 0 Å². The van der Waals surface area contributed by atoms with E-state index in [0.717, 1.165) is 0 Å². The Morgan fingerprint density at radius 3 is 2.00 bits per heavy atom. The van der Waals surface area contributed by atoms with Crippen LogP contribution in [0.4, 0.5) is 0 Å². The van der Waals surface area contributed by atoms with Crippen molar-refractivity contribution in [2.45, 2.75) is 11.5 Å². The maximum absolute atomic E-state index is 11.7. The smallest absolute Gasteiger partial charge is 0.314 e. The van der Waals surface area contributed by atoms with Gasteiger partial charge in [-0.1, -0.05) is 60.7 Å². The van der Waals surface area contributed by atoms with Gasteiger partial charge in [0.15, 0.2) is 0 Å². The van der Waals surface area contributed by atoms with Gasteiger partial charge in [-0.05, 0) is 11.1 Å². The summed E-state index contributed by atoms with van der Waals surface area (Å²) < 4.78 is 0. The fourth-order valence-corrected chi connectivity index (χ4v) is 2.62. The summed E-state index contributed by atoms with van der Waals surface area (Å²) in [6.07, 6.45) is 0. The fraction of sp³-hybridized carbons (Fsp3) is 0.188. The van der Waals surface area contributed by atoms with Gasteiger partial charge in [-0.3, -0.25) is 4.79 Å². The van der Waals surface area contributed by atoms with Gasteiger partial charge in [-0.2, -0.15) is 0 Å². The van der Waals surface area contributed by atoms with Crippen LogP contribution in [-0.2, 0) is 10.4 Å². The minimum absolute atomic E-state index is 0.205. The molecule has 2 atom stereocenters. The van der Waals surface area contributed by atoms with Gasteiger partial charge in [0, 0.05) is 0 Å². The second kappa shape index (κ2) is 6.07. The molecule has 0 aliphatic rings. The number of benzene rings is 2. The van der Waals surface area contributed by atoms with Crippen LogP contribution in [0.5, 0.6) is 0 Å². The lowest BCUT2D eigenvalue weighted by Crippen LogP contribution is -2.39. The van der Waals surface area contributed by atoms with Crippen molar-refractivity contribution >= 4 is 17.6 Å². The van der Waals surface area contributed by atoms with Gasteiger partial charge in [-0.25, -0.2) is 0 Å². The Labute approximate surface area is 122 Å². The number of carboxylic acids is 1. The molecule has 20 heavy (non-hydrogen) atoms. The maximum Gasteiger partial charge on any atom is 0.314 e. The van der Waals surface area contributed by atoms with Crippen LogP contribution in [0.25, 0.3) is 0 Å². The fourth-order valence-electron chi connectivity index (χ4n) is 2.32. The Kier molecular flexibility index (Phi) is 4.42. The molecule has 0 amide bonds. The minimum Gasteiger partial charge on any atom is -0.481 e. The van der Waals surface area contributed by atoms with E-state index in [0.29, 0.717) is 11.1 Å². The quantitative estimate of drug-likeness (QED) is 0.832. The van der Waals surface area contributed by atoms with Crippen molar-refractivity contribution in [3.63, 3.8) is 0 Å². The van der Waals surface area contributed by atoms with Gasteiger partial charge in [0.05, 0.1) is 5.88 Å². The van der Waals surface area contributed by atoms with Crippen LogP contribution < -0.4 is 0 Å². The molecule has 0 aliphatic carbocycles. The van der Waals surface area contributed by atoms with E-state index in [1.165, 1.54) is 0 Å². The Morgan fingerprint density at radius 2 is 1.55 bits per heavy atom. The number of aliphatic carboxylic acids is 1. The molecule has 0 unspecified atom stereocenters. The first-order chi connectivity index (χ1) is 9.59. The van der Waals surface area contributed by atoms with Crippen molar-refractivity contribution in [2.24, 2.45) is 0 Å². The largest absolute Gasteiger partial charge is 0.481 e. The van der Waals surface area contributed by atoms with E-state index in [2.05, 4.69) is 0 Å². The first kappa shape index (κ1) is 14.6. The van der Waals surface area contributed by atoms with Crippen LogP contribution in [0, 0.1) is 0 Å². The number of carboxylic acid groups (broad SMARTS) is 1. The molecule has 0 fully saturated rings. The van der Waals surface area contributed by atoms with E-state index in [1.807, 2.05) is 0 Å². The number of rotatable bonds is 5. The molecule has 0 spiro atoms. The highest BCUT2D eigenvalue weighted by Crippen LogP contribution is 2.38. The molecule has 2 aromatic carbocycles. The average Bonchev–Trinajstić information content (AvgIpc) is 2.49. The molecule has 0 saturated heterocycles. The van der Waals surface area contributed by atoms with E-state index in [1.54, 1.807) is 60.7 Å². The average molecular weight is 291 g/mol. The highest BCUT2D eigenvalue weighted by atomic mass is 35.5. The van der Waals surface area contributed by atoms with E-state index in [-0.39, 0.29) is 5.88 Å². The van der Waals surface area contributed by atoms with Crippen molar-refractivity contribution in [2.75, 3.05) is 5.88 Å². The topological polar surface area (TPSA) is 57.5 Å². The van der Waals surface area contributed by atoms with Crippen molar-refractivity contribution < 1.29 is 15.0 Å². The SMILES string of the molecule is O=C(O)[C@@H](c1ccccc1)[C@](O)(CCl)c1ccccc1. The number of aliphatic hydroxyl groups is 1. The lowest BCUT2D eigenvalue weighted by Gasteiger charge is -2.32. The summed E-state index contributed by atoms with van der Waals surface area (Å²) in [5.41, 5.74) is -0.644. The summed E-state index contributed by atoms with van der Waals surface area (Å²) in [6, 6.07) is 17.3. The van der Waals surface area contributed by atoms with Gasteiger partial charge in [0.1, 0.15) is 11.5 Å². The summed E-state index contributed by atoms with van der Waals surface area (Å²) in [4.78, 5) is 11.7. The second-order valence-electron chi connectivity index (χ2n) is 4.61. The predicted molar refractivity (Wildman–Crippen MR) is 77.9 cm³/mol. The third-order valence-corrected chi connectivity index (χ3v) is 3.74. The molecule has 0 bridgehead atoms. The molecular weight excluding hydrogens is 276 g/mol. The number of hydrogen-bond acceptors (Lipinski definition) is 2. The number of carbonyl (C=O) groups is 1. The standard InChI is InChI=1S/C16H15ClO3/c17-11-16(20,13-9-5-2-6-10-13)14(15(18)19)12-7-3-1-4-8-12/h1-10,14,20H,11H2,(H,18,19)/t14-,16+/m1/s1. The van der Waals surface area contributed by atoms with Crippen molar-refractivity contribution in [1.82, 2.24) is 0 Å². The van der Waals surface area contributed by atoms with Gasteiger partial charge in [0.2, 0.25) is 0 Å². The molecule has 104 valence electrons. The van der Waals surface area contributed by atoms with Crippen LogP contribution in [0.2, 0.25) is 0 Å². The van der Waals surface area contributed by atoms with Crippen LogP contribution in [0.1, 0.15) is 17.0 Å². The predicted octanol–water partition coefficient (Wildman–Crippen LogP) is 2.98. The zero-order chi connectivity index (χ0) is 14.6. The molecular formula is C16H15ClO3. The van der Waals surface area contributed by atoms with Crippen LogP contribution in [-0.4, -0.2) is 22.1 Å². The van der Waals surface area contributed by atoms with Gasteiger partial charge in [0.25, 0.3) is 0 Å². The molecule has 2 aromatic rings. The van der Waals surface area contributed by atoms with Crippen molar-refractivity contribution in [3.05, 3.63) is 71.8 Å². The number of halogens is 1. The molecule has 0 heterocycles. The lowest BCUT2D eigenvalue weighted by molar-refractivity contribution is -0.145. The van der Waals surface area contributed by atoms with Crippen molar-refractivity contribution in [3.8, 4) is 0 Å². The monoisotopic (exact) mass is 290 g/mol. The highest BCUT2D eigenvalue weighted by molar-refractivity contribution is 6.18. The zero-order valence-corrected chi connectivity index (χ0v) is 11.5. The summed E-state index contributed by atoms with van der Waals surface area (Å²) in [6.45, 7) is 0. The molecule has 0 aromatic heterocycles.